The number of aromatic nitrogens is 3. The lowest BCUT2D eigenvalue weighted by atomic mass is 10.5. The van der Waals surface area contributed by atoms with Crippen LogP contribution in [0.25, 0.3) is 0 Å². The minimum atomic E-state index is -0.447. The van der Waals surface area contributed by atoms with Gasteiger partial charge in [0.25, 0.3) is 0 Å². The summed E-state index contributed by atoms with van der Waals surface area (Å²) in [4.78, 5) is 7.75. The maximum absolute atomic E-state index is 13.2. The van der Waals surface area contributed by atoms with Gasteiger partial charge in [-0.3, -0.25) is 0 Å². The summed E-state index contributed by atoms with van der Waals surface area (Å²) in [7, 11) is 0. The zero-order chi connectivity index (χ0) is 9.97. The summed E-state index contributed by atoms with van der Waals surface area (Å²) in [6.07, 6.45) is 2.81. The summed E-state index contributed by atoms with van der Waals surface area (Å²) in [5.41, 5.74) is 0. The highest BCUT2D eigenvalue weighted by Crippen LogP contribution is 2.29. The second-order valence-corrected chi connectivity index (χ2v) is 4.70. The third kappa shape index (κ3) is 2.20. The van der Waals surface area contributed by atoms with E-state index in [4.69, 9.17) is 11.6 Å². The summed E-state index contributed by atoms with van der Waals surface area (Å²) in [5.74, 6) is -0.447. The van der Waals surface area contributed by atoms with Crippen LogP contribution < -0.4 is 0 Å². The molecule has 72 valence electrons. The van der Waals surface area contributed by atoms with E-state index in [1.54, 1.807) is 0 Å². The highest BCUT2D eigenvalue weighted by atomic mass is 35.5. The Morgan fingerprint density at radius 3 is 2.93 bits per heavy atom. The molecule has 0 amide bonds. The SMILES string of the molecule is Fc1cc(Cl)cnc1Sc1ncns1. The molecular formula is C7H3ClFN3S2. The van der Waals surface area contributed by atoms with Crippen LogP contribution in [0.1, 0.15) is 0 Å². The van der Waals surface area contributed by atoms with Gasteiger partial charge in [0.15, 0.2) is 10.2 Å². The Kier molecular flexibility index (Phi) is 2.95. The van der Waals surface area contributed by atoms with Crippen LogP contribution >= 0.6 is 34.9 Å². The Morgan fingerprint density at radius 2 is 2.29 bits per heavy atom. The van der Waals surface area contributed by atoms with Crippen LogP contribution in [0.5, 0.6) is 0 Å². The first-order chi connectivity index (χ1) is 6.75. The molecular weight excluding hydrogens is 245 g/mol. The Morgan fingerprint density at radius 1 is 1.43 bits per heavy atom. The number of nitrogens with zero attached hydrogens (tertiary/aromatic N) is 3. The van der Waals surface area contributed by atoms with Gasteiger partial charge in [0.1, 0.15) is 11.4 Å². The molecule has 2 aromatic heterocycles. The molecule has 0 aliphatic rings. The van der Waals surface area contributed by atoms with Crippen LogP contribution in [0.2, 0.25) is 5.02 Å². The number of pyridine rings is 1. The molecule has 2 rings (SSSR count). The molecule has 7 heteroatoms. The summed E-state index contributed by atoms with van der Waals surface area (Å²) in [6, 6.07) is 1.22. The van der Waals surface area contributed by atoms with Crippen molar-refractivity contribution in [1.82, 2.24) is 14.3 Å². The van der Waals surface area contributed by atoms with E-state index in [1.807, 2.05) is 0 Å². The lowest BCUT2D eigenvalue weighted by Gasteiger charge is -1.98. The molecule has 0 aliphatic heterocycles. The minimum Gasteiger partial charge on any atom is -0.245 e. The van der Waals surface area contributed by atoms with Crippen LogP contribution in [0.15, 0.2) is 28.0 Å². The van der Waals surface area contributed by atoms with Crippen molar-refractivity contribution in [3.05, 3.63) is 29.4 Å². The van der Waals surface area contributed by atoms with Gasteiger partial charge in [-0.25, -0.2) is 14.4 Å². The molecule has 0 fully saturated rings. The van der Waals surface area contributed by atoms with Crippen molar-refractivity contribution in [2.75, 3.05) is 0 Å². The zero-order valence-electron chi connectivity index (χ0n) is 6.65. The summed E-state index contributed by atoms with van der Waals surface area (Å²) in [6.45, 7) is 0. The van der Waals surface area contributed by atoms with Crippen molar-refractivity contribution in [3.8, 4) is 0 Å². The fourth-order valence-electron chi connectivity index (χ4n) is 0.768. The van der Waals surface area contributed by atoms with Gasteiger partial charge >= 0.3 is 0 Å². The second kappa shape index (κ2) is 4.20. The summed E-state index contributed by atoms with van der Waals surface area (Å²) in [5, 5.41) is 0.537. The number of hydrogen-bond donors (Lipinski definition) is 0. The molecule has 0 unspecified atom stereocenters. The van der Waals surface area contributed by atoms with Crippen LogP contribution in [0.4, 0.5) is 4.39 Å². The summed E-state index contributed by atoms with van der Waals surface area (Å²) >= 11 is 7.88. The third-order valence-electron chi connectivity index (χ3n) is 1.30. The van der Waals surface area contributed by atoms with Crippen LogP contribution in [0.3, 0.4) is 0 Å². The van der Waals surface area contributed by atoms with Gasteiger partial charge in [0, 0.05) is 6.20 Å². The first-order valence-corrected chi connectivity index (χ1v) is 5.48. The molecule has 0 saturated carbocycles. The van der Waals surface area contributed by atoms with E-state index in [0.29, 0.717) is 4.34 Å². The van der Waals surface area contributed by atoms with E-state index in [2.05, 4.69) is 14.3 Å². The lowest BCUT2D eigenvalue weighted by Crippen LogP contribution is -1.85. The van der Waals surface area contributed by atoms with Gasteiger partial charge in [-0.05, 0) is 29.4 Å². The number of halogens is 2. The highest BCUT2D eigenvalue weighted by Gasteiger charge is 2.08. The monoisotopic (exact) mass is 247 g/mol. The molecule has 3 nitrogen and oxygen atoms in total. The largest absolute Gasteiger partial charge is 0.245 e. The van der Waals surface area contributed by atoms with Crippen molar-refractivity contribution in [2.24, 2.45) is 0 Å². The van der Waals surface area contributed by atoms with Gasteiger partial charge in [-0.2, -0.15) is 4.37 Å². The minimum absolute atomic E-state index is 0.256. The van der Waals surface area contributed by atoms with Gasteiger partial charge in [-0.15, -0.1) is 0 Å². The molecule has 0 spiro atoms. The average molecular weight is 248 g/mol. The van der Waals surface area contributed by atoms with Crippen LogP contribution in [-0.4, -0.2) is 14.3 Å². The predicted molar refractivity (Wildman–Crippen MR) is 53.2 cm³/mol. The Bertz CT molecular complexity index is 435. The van der Waals surface area contributed by atoms with E-state index in [9.17, 15) is 4.39 Å². The molecule has 0 N–H and O–H groups in total. The molecule has 2 aromatic rings. The second-order valence-electron chi connectivity index (χ2n) is 2.25. The highest BCUT2D eigenvalue weighted by molar-refractivity contribution is 8.00. The molecule has 0 aliphatic carbocycles. The van der Waals surface area contributed by atoms with Gasteiger partial charge in [0.05, 0.1) is 5.02 Å². The number of hydrogen-bond acceptors (Lipinski definition) is 5. The Balaban J connectivity index is 2.25. The zero-order valence-corrected chi connectivity index (χ0v) is 9.04. The molecule has 0 atom stereocenters. The van der Waals surface area contributed by atoms with E-state index < -0.39 is 5.82 Å². The average Bonchev–Trinajstić information content (AvgIpc) is 2.62. The van der Waals surface area contributed by atoms with Crippen molar-refractivity contribution in [3.63, 3.8) is 0 Å². The topological polar surface area (TPSA) is 38.7 Å². The standard InChI is InChI=1S/C7H3ClFN3S2/c8-4-1-5(9)6(10-2-4)13-7-11-3-12-14-7/h1-3H. The van der Waals surface area contributed by atoms with E-state index in [0.717, 1.165) is 11.8 Å². The first kappa shape index (κ1) is 9.82. The van der Waals surface area contributed by atoms with Gasteiger partial charge in [0.2, 0.25) is 0 Å². The summed E-state index contributed by atoms with van der Waals surface area (Å²) < 4.78 is 17.7. The Labute approximate surface area is 92.5 Å². The smallest absolute Gasteiger partial charge is 0.176 e. The predicted octanol–water partition coefficient (Wildman–Crippen LogP) is 2.88. The Hall–Kier alpha value is -0.720. The van der Waals surface area contributed by atoms with Crippen molar-refractivity contribution in [1.29, 1.82) is 0 Å². The van der Waals surface area contributed by atoms with Crippen molar-refractivity contribution < 1.29 is 4.39 Å². The maximum Gasteiger partial charge on any atom is 0.176 e. The lowest BCUT2D eigenvalue weighted by molar-refractivity contribution is 0.588. The molecule has 14 heavy (non-hydrogen) atoms. The fraction of sp³-hybridized carbons (Fsp3) is 0. The molecule has 0 radical (unpaired) electrons. The normalized spacial score (nSPS) is 10.4. The first-order valence-electron chi connectivity index (χ1n) is 3.51. The van der Waals surface area contributed by atoms with Gasteiger partial charge < -0.3 is 0 Å². The van der Waals surface area contributed by atoms with Gasteiger partial charge in [-0.1, -0.05) is 11.6 Å². The van der Waals surface area contributed by atoms with Crippen LogP contribution in [0, 0.1) is 5.82 Å². The molecule has 0 bridgehead atoms. The van der Waals surface area contributed by atoms with E-state index >= 15 is 0 Å². The van der Waals surface area contributed by atoms with E-state index in [1.165, 1.54) is 30.1 Å². The molecule has 0 aromatic carbocycles. The third-order valence-corrected chi connectivity index (χ3v) is 3.21. The number of rotatable bonds is 2. The van der Waals surface area contributed by atoms with Crippen LogP contribution in [-0.2, 0) is 0 Å². The van der Waals surface area contributed by atoms with E-state index in [-0.39, 0.29) is 10.0 Å². The van der Waals surface area contributed by atoms with Crippen molar-refractivity contribution in [2.45, 2.75) is 9.37 Å². The van der Waals surface area contributed by atoms with Crippen molar-refractivity contribution >= 4 is 34.9 Å². The fourth-order valence-corrected chi connectivity index (χ4v) is 2.23. The quantitative estimate of drug-likeness (QED) is 0.818. The maximum atomic E-state index is 13.2. The molecule has 2 heterocycles. The molecule has 0 saturated heterocycles.